The van der Waals surface area contributed by atoms with Crippen LogP contribution in [0, 0.1) is 0 Å². The summed E-state index contributed by atoms with van der Waals surface area (Å²) in [7, 11) is 1.68. The fraction of sp³-hybridized carbons (Fsp3) is 0.583. The number of hydrogen-bond acceptors (Lipinski definition) is 5. The molecular weight excluding hydrogens is 362 g/mol. The van der Waals surface area contributed by atoms with Crippen LogP contribution in [0.3, 0.4) is 0 Å². The van der Waals surface area contributed by atoms with Gasteiger partial charge in [-0.15, -0.1) is 0 Å². The molecule has 1 aromatic carbocycles. The van der Waals surface area contributed by atoms with E-state index in [1.807, 2.05) is 13.0 Å². The monoisotopic (exact) mass is 397 g/mol. The number of hydrogen-bond donors (Lipinski definition) is 2. The van der Waals surface area contributed by atoms with Gasteiger partial charge in [0.05, 0.1) is 29.8 Å². The number of rotatable bonds is 8. The molecule has 29 heavy (non-hydrogen) atoms. The highest BCUT2D eigenvalue weighted by Crippen LogP contribution is 2.43. The van der Waals surface area contributed by atoms with Crippen molar-refractivity contribution in [3.63, 3.8) is 0 Å². The number of ether oxygens (including phenoxy) is 1. The van der Waals surface area contributed by atoms with Gasteiger partial charge in [0.25, 0.3) is 0 Å². The first-order valence-electron chi connectivity index (χ1n) is 11.0. The van der Waals surface area contributed by atoms with Gasteiger partial charge >= 0.3 is 0 Å². The zero-order valence-corrected chi connectivity index (χ0v) is 18.7. The zero-order chi connectivity index (χ0) is 21.2. The van der Waals surface area contributed by atoms with E-state index < -0.39 is 5.60 Å². The smallest absolute Gasteiger partial charge is 0.148 e. The lowest BCUT2D eigenvalue weighted by atomic mass is 9.95. The first kappa shape index (κ1) is 21.6. The minimum atomic E-state index is -0.794. The fourth-order valence-electron chi connectivity index (χ4n) is 4.21. The summed E-state index contributed by atoms with van der Waals surface area (Å²) in [4.78, 5) is 10.0. The summed E-state index contributed by atoms with van der Waals surface area (Å²) >= 11 is 0. The Labute approximate surface area is 174 Å². The van der Waals surface area contributed by atoms with Crippen LogP contribution in [0.2, 0.25) is 0 Å². The highest BCUT2D eigenvalue weighted by Gasteiger charge is 2.33. The quantitative estimate of drug-likeness (QED) is 0.654. The summed E-state index contributed by atoms with van der Waals surface area (Å²) in [5.41, 5.74) is 5.16. The average Bonchev–Trinajstić information content (AvgIpc) is 3.04. The molecule has 1 heterocycles. The molecule has 0 saturated heterocycles. The Bertz CT molecular complexity index is 873. The van der Waals surface area contributed by atoms with Crippen LogP contribution in [0.4, 0.5) is 5.82 Å². The molecule has 0 radical (unpaired) electrons. The van der Waals surface area contributed by atoms with Crippen molar-refractivity contribution < 1.29 is 9.84 Å². The Morgan fingerprint density at radius 1 is 1.10 bits per heavy atom. The molecule has 5 heteroatoms. The topological polar surface area (TPSA) is 67.3 Å². The summed E-state index contributed by atoms with van der Waals surface area (Å²) < 4.78 is 5.73. The van der Waals surface area contributed by atoms with E-state index in [0.29, 0.717) is 6.04 Å². The van der Waals surface area contributed by atoms with Crippen molar-refractivity contribution >= 4 is 5.82 Å². The van der Waals surface area contributed by atoms with E-state index in [1.165, 1.54) is 5.56 Å². The second kappa shape index (κ2) is 8.70. The van der Waals surface area contributed by atoms with E-state index in [0.717, 1.165) is 78.3 Å². The fourth-order valence-corrected chi connectivity index (χ4v) is 4.21. The molecule has 0 amide bonds. The number of nitrogens with zero attached hydrogens (tertiary/aromatic N) is 2. The van der Waals surface area contributed by atoms with Gasteiger partial charge in [0.2, 0.25) is 0 Å². The molecule has 2 N–H and O–H groups in total. The second-order valence-electron chi connectivity index (χ2n) is 8.16. The van der Waals surface area contributed by atoms with E-state index in [4.69, 9.17) is 14.7 Å². The lowest BCUT2D eigenvalue weighted by Crippen LogP contribution is -2.20. The molecule has 1 atom stereocenters. The standard InChI is InChI=1S/C24H35N3O2/c1-7-16(8-2)25-23-20(10-4)26-22(19(9-3)27-23)17-13-15-11-12-24(5,28)18(15)14-21(17)29-6/h13-14,16,28H,7-12H2,1-6H3,(H,25,27). The van der Waals surface area contributed by atoms with Gasteiger partial charge < -0.3 is 15.2 Å². The summed E-state index contributed by atoms with van der Waals surface area (Å²) in [6, 6.07) is 4.54. The number of nitrogens with one attached hydrogen (secondary N) is 1. The molecule has 1 unspecified atom stereocenters. The van der Waals surface area contributed by atoms with Gasteiger partial charge in [0, 0.05) is 11.6 Å². The number of aliphatic hydroxyl groups is 1. The highest BCUT2D eigenvalue weighted by atomic mass is 16.5. The van der Waals surface area contributed by atoms with E-state index in [1.54, 1.807) is 7.11 Å². The number of aryl methyl sites for hydroxylation is 3. The first-order chi connectivity index (χ1) is 13.9. The van der Waals surface area contributed by atoms with Crippen LogP contribution >= 0.6 is 0 Å². The zero-order valence-electron chi connectivity index (χ0n) is 18.7. The number of methoxy groups -OCH3 is 1. The van der Waals surface area contributed by atoms with Crippen LogP contribution in [0.1, 0.15) is 76.4 Å². The Hall–Kier alpha value is -2.14. The lowest BCUT2D eigenvalue weighted by Gasteiger charge is -2.22. The molecular formula is C24H35N3O2. The molecule has 5 nitrogen and oxygen atoms in total. The normalized spacial score (nSPS) is 18.2. The second-order valence-corrected chi connectivity index (χ2v) is 8.16. The predicted octanol–water partition coefficient (Wildman–Crippen LogP) is 5.03. The molecule has 0 saturated carbocycles. The van der Waals surface area contributed by atoms with Gasteiger partial charge in [-0.3, -0.25) is 0 Å². The number of anilines is 1. The Morgan fingerprint density at radius 3 is 2.38 bits per heavy atom. The Morgan fingerprint density at radius 2 is 1.79 bits per heavy atom. The van der Waals surface area contributed by atoms with Gasteiger partial charge in [-0.1, -0.05) is 27.7 Å². The van der Waals surface area contributed by atoms with Crippen molar-refractivity contribution in [1.82, 2.24) is 9.97 Å². The molecule has 2 aromatic rings. The predicted molar refractivity (Wildman–Crippen MR) is 119 cm³/mol. The van der Waals surface area contributed by atoms with Crippen LogP contribution in [0.15, 0.2) is 12.1 Å². The summed E-state index contributed by atoms with van der Waals surface area (Å²) in [6.45, 7) is 10.5. The molecule has 1 aromatic heterocycles. The van der Waals surface area contributed by atoms with Crippen molar-refractivity contribution in [2.75, 3.05) is 12.4 Å². The third kappa shape index (κ3) is 4.11. The summed E-state index contributed by atoms with van der Waals surface area (Å²) in [5, 5.41) is 14.3. The molecule has 1 aliphatic carbocycles. The van der Waals surface area contributed by atoms with Gasteiger partial charge in [-0.2, -0.15) is 0 Å². The van der Waals surface area contributed by atoms with Crippen LogP contribution in [-0.4, -0.2) is 28.2 Å². The minimum absolute atomic E-state index is 0.405. The molecule has 1 aliphatic rings. The van der Waals surface area contributed by atoms with Crippen LogP contribution in [0.5, 0.6) is 5.75 Å². The molecule has 3 rings (SSSR count). The first-order valence-corrected chi connectivity index (χ1v) is 11.0. The van der Waals surface area contributed by atoms with Crippen LogP contribution < -0.4 is 10.1 Å². The molecule has 0 fully saturated rings. The summed E-state index contributed by atoms with van der Waals surface area (Å²) in [5.74, 6) is 1.66. The van der Waals surface area contributed by atoms with Gasteiger partial charge in [-0.05, 0) is 68.7 Å². The minimum Gasteiger partial charge on any atom is -0.496 e. The largest absolute Gasteiger partial charge is 0.496 e. The summed E-state index contributed by atoms with van der Waals surface area (Å²) in [6.07, 6.45) is 5.32. The maximum atomic E-state index is 10.7. The van der Waals surface area contributed by atoms with Crippen molar-refractivity contribution in [2.24, 2.45) is 0 Å². The van der Waals surface area contributed by atoms with Crippen LogP contribution in [0.25, 0.3) is 11.3 Å². The van der Waals surface area contributed by atoms with Crippen molar-refractivity contribution in [3.05, 3.63) is 34.6 Å². The molecule has 0 spiro atoms. The molecule has 0 aliphatic heterocycles. The van der Waals surface area contributed by atoms with Crippen molar-refractivity contribution in [2.45, 2.75) is 84.8 Å². The maximum Gasteiger partial charge on any atom is 0.148 e. The van der Waals surface area contributed by atoms with Gasteiger partial charge in [-0.25, -0.2) is 9.97 Å². The van der Waals surface area contributed by atoms with Crippen molar-refractivity contribution in [3.8, 4) is 17.0 Å². The third-order valence-corrected chi connectivity index (χ3v) is 6.18. The van der Waals surface area contributed by atoms with E-state index in [9.17, 15) is 5.11 Å². The Kier molecular flexibility index (Phi) is 6.47. The highest BCUT2D eigenvalue weighted by molar-refractivity contribution is 5.73. The van der Waals surface area contributed by atoms with Crippen LogP contribution in [-0.2, 0) is 24.9 Å². The van der Waals surface area contributed by atoms with E-state index in [2.05, 4.69) is 39.1 Å². The van der Waals surface area contributed by atoms with Crippen molar-refractivity contribution in [1.29, 1.82) is 0 Å². The third-order valence-electron chi connectivity index (χ3n) is 6.18. The number of aromatic nitrogens is 2. The molecule has 158 valence electrons. The van der Waals surface area contributed by atoms with Gasteiger partial charge in [0.1, 0.15) is 11.6 Å². The van der Waals surface area contributed by atoms with E-state index in [-0.39, 0.29) is 0 Å². The number of fused-ring (bicyclic) bond motifs is 1. The van der Waals surface area contributed by atoms with Gasteiger partial charge in [0.15, 0.2) is 0 Å². The van der Waals surface area contributed by atoms with E-state index >= 15 is 0 Å². The SMILES string of the molecule is CCc1nc(-c2cc3c(cc2OC)C(C)(O)CC3)c(CC)nc1NC(CC)CC. The Balaban J connectivity index is 2.14. The average molecular weight is 398 g/mol. The maximum absolute atomic E-state index is 10.7. The number of benzene rings is 1. The lowest BCUT2D eigenvalue weighted by molar-refractivity contribution is 0.0593. The molecule has 0 bridgehead atoms.